The molecule has 0 N–H and O–H groups in total. The van der Waals surface area contributed by atoms with Gasteiger partial charge < -0.3 is 4.74 Å². The van der Waals surface area contributed by atoms with Gasteiger partial charge in [-0.15, -0.1) is 0 Å². The highest BCUT2D eigenvalue weighted by atomic mass is 28.1. The first-order valence-corrected chi connectivity index (χ1v) is 5.02. The summed E-state index contributed by atoms with van der Waals surface area (Å²) in [5.41, 5.74) is 1.43. The van der Waals surface area contributed by atoms with Gasteiger partial charge in [0.2, 0.25) is 0 Å². The Morgan fingerprint density at radius 2 is 2.36 bits per heavy atom. The van der Waals surface area contributed by atoms with E-state index < -0.39 is 0 Å². The second-order valence-corrected chi connectivity index (χ2v) is 4.30. The summed E-state index contributed by atoms with van der Waals surface area (Å²) in [6.45, 7) is 0.964. The van der Waals surface area contributed by atoms with Crippen LogP contribution in [0.25, 0.3) is 0 Å². The maximum absolute atomic E-state index is 5.16. The van der Waals surface area contributed by atoms with Gasteiger partial charge in [-0.05, 0) is 5.56 Å². The fraction of sp³-hybridized carbons (Fsp3) is 0.333. The second-order valence-electron chi connectivity index (χ2n) is 3.15. The molecule has 0 aromatic heterocycles. The van der Waals surface area contributed by atoms with Crippen LogP contribution in [0.2, 0.25) is 0 Å². The molecule has 1 fully saturated rings. The van der Waals surface area contributed by atoms with Gasteiger partial charge in [0.15, 0.2) is 0 Å². The lowest BCUT2D eigenvalue weighted by atomic mass is 10.1. The molecule has 0 radical (unpaired) electrons. The zero-order valence-corrected chi connectivity index (χ0v) is 8.71. The highest BCUT2D eigenvalue weighted by Crippen LogP contribution is 2.14. The summed E-state index contributed by atoms with van der Waals surface area (Å²) in [5.74, 6) is 0. The van der Waals surface area contributed by atoms with Crippen molar-refractivity contribution in [2.75, 3.05) is 6.61 Å². The maximum Gasteiger partial charge on any atom is 0.0850 e. The van der Waals surface area contributed by atoms with Crippen LogP contribution in [0.1, 0.15) is 5.56 Å². The van der Waals surface area contributed by atoms with Crippen molar-refractivity contribution in [3.63, 3.8) is 0 Å². The van der Waals surface area contributed by atoms with E-state index in [1.807, 2.05) is 0 Å². The summed E-state index contributed by atoms with van der Waals surface area (Å²) >= 11 is 0. The number of hydrogen-bond donors (Lipinski definition) is 0. The predicted molar refractivity (Wildman–Crippen MR) is 49.5 cm³/mol. The van der Waals surface area contributed by atoms with Crippen LogP contribution in [-0.2, 0) is 11.2 Å². The molecule has 0 amide bonds. The van der Waals surface area contributed by atoms with E-state index >= 15 is 0 Å². The van der Waals surface area contributed by atoms with Crippen molar-refractivity contribution in [3.8, 4) is 0 Å². The van der Waals surface area contributed by atoms with Crippen molar-refractivity contribution >= 4 is 15.4 Å². The number of rotatable bonds is 2. The van der Waals surface area contributed by atoms with Crippen LogP contribution in [0, 0.1) is 0 Å². The first kappa shape index (κ1) is 7.07. The lowest BCUT2D eigenvalue weighted by Crippen LogP contribution is -2.03. The molecular weight excluding hydrogens is 152 g/mol. The maximum atomic E-state index is 5.16. The number of ether oxygens (including phenoxy) is 1. The van der Waals surface area contributed by atoms with Gasteiger partial charge in [0.25, 0.3) is 0 Å². The van der Waals surface area contributed by atoms with Gasteiger partial charge in [-0.3, -0.25) is 0 Å². The molecule has 58 valence electrons. The molecule has 0 aliphatic carbocycles. The summed E-state index contributed by atoms with van der Waals surface area (Å²) < 4.78 is 5.16. The van der Waals surface area contributed by atoms with Gasteiger partial charge in [0.05, 0.1) is 12.7 Å². The van der Waals surface area contributed by atoms with Gasteiger partial charge >= 0.3 is 0 Å². The fourth-order valence-electron chi connectivity index (χ4n) is 1.29. The highest BCUT2D eigenvalue weighted by Gasteiger charge is 2.22. The Kier molecular flexibility index (Phi) is 1.80. The zero-order chi connectivity index (χ0) is 7.68. The van der Waals surface area contributed by atoms with Crippen molar-refractivity contribution in [1.82, 2.24) is 0 Å². The molecule has 1 nitrogen and oxygen atoms in total. The van der Waals surface area contributed by atoms with Crippen molar-refractivity contribution in [1.29, 1.82) is 0 Å². The Hall–Kier alpha value is -0.603. The molecule has 1 aromatic carbocycles. The minimum atomic E-state index is 0.526. The van der Waals surface area contributed by atoms with E-state index in [0.717, 1.165) is 23.3 Å². The van der Waals surface area contributed by atoms with Gasteiger partial charge in [-0.2, -0.15) is 0 Å². The molecule has 1 aliphatic rings. The van der Waals surface area contributed by atoms with Crippen molar-refractivity contribution in [2.24, 2.45) is 0 Å². The second kappa shape index (κ2) is 2.79. The molecule has 0 saturated carbocycles. The van der Waals surface area contributed by atoms with Gasteiger partial charge in [0.1, 0.15) is 0 Å². The summed E-state index contributed by atoms with van der Waals surface area (Å²) in [4.78, 5) is 0. The Morgan fingerprint density at radius 3 is 3.00 bits per heavy atom. The lowest BCUT2D eigenvalue weighted by Gasteiger charge is -1.98. The van der Waals surface area contributed by atoms with E-state index in [1.54, 1.807) is 0 Å². The topological polar surface area (TPSA) is 12.5 Å². The Morgan fingerprint density at radius 1 is 1.55 bits per heavy atom. The lowest BCUT2D eigenvalue weighted by molar-refractivity contribution is 0.407. The predicted octanol–water partition coefficient (Wildman–Crippen LogP) is -0.381. The molecule has 0 bridgehead atoms. The minimum absolute atomic E-state index is 0.526. The average Bonchev–Trinajstić information content (AvgIpc) is 2.71. The molecule has 11 heavy (non-hydrogen) atoms. The van der Waals surface area contributed by atoms with Crippen molar-refractivity contribution < 1.29 is 4.74 Å². The average molecular weight is 164 g/mol. The molecule has 1 atom stereocenters. The third-order valence-corrected chi connectivity index (χ3v) is 2.57. The van der Waals surface area contributed by atoms with Crippen LogP contribution in [0.5, 0.6) is 0 Å². The van der Waals surface area contributed by atoms with Gasteiger partial charge in [-0.25, -0.2) is 0 Å². The summed E-state index contributed by atoms with van der Waals surface area (Å²) in [5, 5.41) is 1.48. The molecule has 0 spiro atoms. The Bertz CT molecular complexity index is 255. The van der Waals surface area contributed by atoms with Crippen LogP contribution in [-0.4, -0.2) is 23.0 Å². The van der Waals surface area contributed by atoms with Crippen LogP contribution >= 0.6 is 0 Å². The third-order valence-electron chi connectivity index (χ3n) is 1.95. The zero-order valence-electron chi connectivity index (χ0n) is 6.71. The Balaban J connectivity index is 2.10. The molecule has 1 aromatic rings. The van der Waals surface area contributed by atoms with Crippen LogP contribution in [0.3, 0.4) is 0 Å². The molecule has 1 heterocycles. The molecule has 2 heteroatoms. The summed E-state index contributed by atoms with van der Waals surface area (Å²) in [7, 11) is 1.15. The normalized spacial score (nSPS) is 22.0. The monoisotopic (exact) mass is 164 g/mol. The Labute approximate surface area is 69.8 Å². The van der Waals surface area contributed by atoms with Crippen molar-refractivity contribution in [2.45, 2.75) is 12.5 Å². The quantitative estimate of drug-likeness (QED) is 0.429. The molecule has 1 unspecified atom stereocenters. The molecule has 1 aliphatic heterocycles. The minimum Gasteiger partial charge on any atom is -0.373 e. The largest absolute Gasteiger partial charge is 0.373 e. The third kappa shape index (κ3) is 1.91. The van der Waals surface area contributed by atoms with Crippen LogP contribution in [0.15, 0.2) is 24.3 Å². The highest BCUT2D eigenvalue weighted by molar-refractivity contribution is 6.32. The van der Waals surface area contributed by atoms with Crippen LogP contribution < -0.4 is 5.19 Å². The van der Waals surface area contributed by atoms with E-state index in [4.69, 9.17) is 4.74 Å². The van der Waals surface area contributed by atoms with Gasteiger partial charge in [0, 0.05) is 16.7 Å². The first-order chi connectivity index (χ1) is 5.34. The first-order valence-electron chi connectivity index (χ1n) is 4.02. The molecule has 2 rings (SSSR count). The van der Waals surface area contributed by atoms with E-state index in [9.17, 15) is 0 Å². The van der Waals surface area contributed by atoms with E-state index in [0.29, 0.717) is 6.10 Å². The SMILES string of the molecule is [SiH3]c1cccc(CC2CO2)c1. The van der Waals surface area contributed by atoms with E-state index in [2.05, 4.69) is 24.3 Å². The standard InChI is InChI=1S/C9H12OSi/c11-9-3-1-2-7(5-9)4-8-6-10-8/h1-3,5,8H,4,6H2,11H3. The number of hydrogen-bond acceptors (Lipinski definition) is 1. The van der Waals surface area contributed by atoms with Crippen molar-refractivity contribution in [3.05, 3.63) is 29.8 Å². The summed E-state index contributed by atoms with van der Waals surface area (Å²) in [6, 6.07) is 8.79. The fourth-order valence-corrected chi connectivity index (χ4v) is 1.85. The summed E-state index contributed by atoms with van der Waals surface area (Å²) in [6.07, 6.45) is 1.63. The van der Waals surface area contributed by atoms with E-state index in [1.165, 1.54) is 10.8 Å². The van der Waals surface area contributed by atoms with Gasteiger partial charge in [-0.1, -0.05) is 29.5 Å². The smallest absolute Gasteiger partial charge is 0.0850 e. The number of epoxide rings is 1. The molecular formula is C9H12OSi. The molecule has 1 saturated heterocycles. The van der Waals surface area contributed by atoms with Crippen LogP contribution in [0.4, 0.5) is 0 Å². The van der Waals surface area contributed by atoms with E-state index in [-0.39, 0.29) is 0 Å². The number of benzene rings is 1.